The van der Waals surface area contributed by atoms with Crippen LogP contribution in [-0.4, -0.2) is 63.3 Å². The summed E-state index contributed by atoms with van der Waals surface area (Å²) in [7, 11) is 2.20. The normalized spacial score (nSPS) is 17.3. The Labute approximate surface area is 258 Å². The van der Waals surface area contributed by atoms with Crippen LogP contribution in [0, 0.1) is 13.8 Å². The van der Waals surface area contributed by atoms with E-state index in [9.17, 15) is 4.79 Å². The number of piperazine rings is 1. The van der Waals surface area contributed by atoms with Gasteiger partial charge >= 0.3 is 0 Å². The van der Waals surface area contributed by atoms with Crippen molar-refractivity contribution in [3.8, 4) is 33.5 Å². The molecular weight excluding hydrogens is 546 g/mol. The van der Waals surface area contributed by atoms with Crippen molar-refractivity contribution in [1.29, 1.82) is 0 Å². The highest BCUT2D eigenvalue weighted by Crippen LogP contribution is 2.43. The van der Waals surface area contributed by atoms with Crippen molar-refractivity contribution in [2.24, 2.45) is 0 Å². The van der Waals surface area contributed by atoms with Gasteiger partial charge in [-0.2, -0.15) is 5.10 Å². The maximum Gasteiger partial charge on any atom is 0.247 e. The van der Waals surface area contributed by atoms with Crippen LogP contribution in [0.1, 0.15) is 36.9 Å². The van der Waals surface area contributed by atoms with E-state index in [0.29, 0.717) is 12.1 Å². The van der Waals surface area contributed by atoms with E-state index in [1.165, 1.54) is 24.6 Å². The van der Waals surface area contributed by atoms with E-state index in [2.05, 4.69) is 106 Å². The van der Waals surface area contributed by atoms with Gasteiger partial charge in [-0.15, -0.1) is 0 Å². The number of likely N-dealkylation sites (N-methyl/N-ethyl adjacent to an activating group) is 1. The number of amides is 1. The van der Waals surface area contributed by atoms with Crippen molar-refractivity contribution < 1.29 is 4.79 Å². The van der Waals surface area contributed by atoms with Crippen molar-refractivity contribution in [2.75, 3.05) is 36.9 Å². The summed E-state index contributed by atoms with van der Waals surface area (Å²) in [4.78, 5) is 25.8. The van der Waals surface area contributed by atoms with Crippen molar-refractivity contribution in [3.05, 3.63) is 84.8 Å². The summed E-state index contributed by atoms with van der Waals surface area (Å²) in [6.07, 6.45) is 9.73. The number of aromatic amines is 1. The number of nitrogens with one attached hydrogen (secondary N) is 2. The van der Waals surface area contributed by atoms with Gasteiger partial charge in [-0.3, -0.25) is 9.48 Å². The summed E-state index contributed by atoms with van der Waals surface area (Å²) in [6, 6.07) is 16.1. The molecule has 2 fully saturated rings. The summed E-state index contributed by atoms with van der Waals surface area (Å²) in [5.41, 5.74) is 11.3. The molecule has 224 valence electrons. The Kier molecular flexibility index (Phi) is 7.09. The van der Waals surface area contributed by atoms with Crippen molar-refractivity contribution in [1.82, 2.24) is 24.6 Å². The fraction of sp³-hybridized carbons (Fsp3) is 0.306. The third-order valence-electron chi connectivity index (χ3n) is 9.37. The van der Waals surface area contributed by atoms with Crippen LogP contribution < -0.4 is 10.2 Å². The van der Waals surface area contributed by atoms with E-state index in [1.807, 2.05) is 19.3 Å². The number of nitrogens with zero attached hydrogens (tertiary/aromatic N) is 5. The Morgan fingerprint density at radius 2 is 1.82 bits per heavy atom. The first kappa shape index (κ1) is 28.1. The topological polar surface area (TPSA) is 82.1 Å². The number of aryl methyl sites for hydroxylation is 2. The Morgan fingerprint density at radius 1 is 1.05 bits per heavy atom. The average molecular weight is 586 g/mol. The maximum atomic E-state index is 12.3. The summed E-state index contributed by atoms with van der Waals surface area (Å²) in [5, 5.41) is 8.70. The van der Waals surface area contributed by atoms with Gasteiger partial charge in [-0.25, -0.2) is 4.98 Å². The molecular formula is C36H39N7O. The molecule has 2 N–H and O–H groups in total. The molecule has 5 aromatic rings. The van der Waals surface area contributed by atoms with Crippen molar-refractivity contribution in [2.45, 2.75) is 45.7 Å². The molecule has 1 saturated heterocycles. The molecule has 0 radical (unpaired) electrons. The number of carbonyl (C=O) groups excluding carboxylic acids is 1. The summed E-state index contributed by atoms with van der Waals surface area (Å²) in [6.45, 7) is 13.2. The monoisotopic (exact) mass is 585 g/mol. The quantitative estimate of drug-likeness (QED) is 0.202. The van der Waals surface area contributed by atoms with Gasteiger partial charge in [0.1, 0.15) is 5.65 Å². The number of hydrogen-bond donors (Lipinski definition) is 2. The maximum absolute atomic E-state index is 12.3. The number of aromatic nitrogens is 4. The number of benzene rings is 2. The Balaban J connectivity index is 1.36. The molecule has 1 aliphatic carbocycles. The second kappa shape index (κ2) is 11.1. The van der Waals surface area contributed by atoms with Crippen LogP contribution in [0.4, 0.5) is 11.4 Å². The molecule has 8 nitrogen and oxygen atoms in total. The summed E-state index contributed by atoms with van der Waals surface area (Å²) < 4.78 is 2.08. The zero-order valence-electron chi connectivity index (χ0n) is 25.9. The molecule has 0 bridgehead atoms. The number of H-pyrrole nitrogens is 1. The van der Waals surface area contributed by atoms with Crippen LogP contribution in [0.25, 0.3) is 44.5 Å². The van der Waals surface area contributed by atoms with Gasteiger partial charge in [0.25, 0.3) is 0 Å². The summed E-state index contributed by atoms with van der Waals surface area (Å²) in [5.74, 6) is -0.231. The predicted molar refractivity (Wildman–Crippen MR) is 179 cm³/mol. The average Bonchev–Trinajstić information content (AvgIpc) is 3.63. The molecule has 7 rings (SSSR count). The molecule has 4 heterocycles. The molecule has 1 aliphatic heterocycles. The highest BCUT2D eigenvalue weighted by atomic mass is 16.1. The van der Waals surface area contributed by atoms with E-state index >= 15 is 0 Å². The van der Waals surface area contributed by atoms with Gasteiger partial charge in [-0.05, 0) is 87.2 Å². The lowest BCUT2D eigenvalue weighted by atomic mass is 9.93. The Hall–Kier alpha value is -4.69. The first-order valence-electron chi connectivity index (χ1n) is 15.5. The van der Waals surface area contributed by atoms with Crippen LogP contribution in [0.3, 0.4) is 0 Å². The number of anilines is 2. The molecule has 3 aromatic heterocycles. The van der Waals surface area contributed by atoms with Crippen LogP contribution in [0.15, 0.2) is 73.7 Å². The number of hydrogen-bond acceptors (Lipinski definition) is 5. The second-order valence-electron chi connectivity index (χ2n) is 12.4. The van der Waals surface area contributed by atoms with E-state index < -0.39 is 0 Å². The Morgan fingerprint density at radius 3 is 2.55 bits per heavy atom. The lowest BCUT2D eigenvalue weighted by Gasteiger charge is -2.39. The molecule has 1 amide bonds. The van der Waals surface area contributed by atoms with E-state index in [0.717, 1.165) is 81.0 Å². The van der Waals surface area contributed by atoms with Crippen molar-refractivity contribution in [3.63, 3.8) is 0 Å². The molecule has 2 aliphatic rings. The molecule has 1 atom stereocenters. The standard InChI is InChI=1S/C36H39N7O/c1-6-32(44)39-31-17-26(8-7-22(31)2)34-33-24(4)30(27-18-38-43(21-27)29-13-14-29)19-37-36(33)40-35(34)25-9-11-28(12-10-25)42-16-15-41(5)23(3)20-42/h6-12,17-19,21,23,29H,1,13-16,20H2,2-5H3,(H,37,40)(H,39,44)/t23-/m1/s1. The third-order valence-corrected chi connectivity index (χ3v) is 9.37. The molecule has 0 spiro atoms. The SMILES string of the molecule is C=CC(=O)Nc1cc(-c2c(-c3ccc(N4CCN(C)[C@H](C)C4)cc3)[nH]c3ncc(-c4cnn(C5CC5)c4)c(C)c23)ccc1C. The highest BCUT2D eigenvalue weighted by molar-refractivity contribution is 6.07. The lowest BCUT2D eigenvalue weighted by molar-refractivity contribution is -0.111. The third kappa shape index (κ3) is 5.09. The van der Waals surface area contributed by atoms with E-state index in [1.54, 1.807) is 0 Å². The number of rotatable bonds is 7. The predicted octanol–water partition coefficient (Wildman–Crippen LogP) is 6.98. The van der Waals surface area contributed by atoms with E-state index in [-0.39, 0.29) is 5.91 Å². The minimum Gasteiger partial charge on any atom is -0.369 e. The van der Waals surface area contributed by atoms with Crippen LogP contribution in [0.5, 0.6) is 0 Å². The largest absolute Gasteiger partial charge is 0.369 e. The lowest BCUT2D eigenvalue weighted by Crippen LogP contribution is -2.50. The smallest absolute Gasteiger partial charge is 0.247 e. The van der Waals surface area contributed by atoms with Gasteiger partial charge in [0.15, 0.2) is 0 Å². The minimum absolute atomic E-state index is 0.231. The number of fused-ring (bicyclic) bond motifs is 1. The fourth-order valence-electron chi connectivity index (χ4n) is 6.34. The van der Waals surface area contributed by atoms with Gasteiger partial charge < -0.3 is 20.1 Å². The van der Waals surface area contributed by atoms with Gasteiger partial charge in [0.05, 0.1) is 17.9 Å². The zero-order valence-corrected chi connectivity index (χ0v) is 25.9. The molecule has 0 unspecified atom stereocenters. The minimum atomic E-state index is -0.231. The van der Waals surface area contributed by atoms with Crippen molar-refractivity contribution >= 4 is 28.3 Å². The number of carbonyl (C=O) groups is 1. The van der Waals surface area contributed by atoms with Crippen LogP contribution >= 0.6 is 0 Å². The van der Waals surface area contributed by atoms with Crippen LogP contribution in [-0.2, 0) is 4.79 Å². The molecule has 8 heteroatoms. The summed E-state index contributed by atoms with van der Waals surface area (Å²) >= 11 is 0. The molecule has 44 heavy (non-hydrogen) atoms. The molecule has 2 aromatic carbocycles. The molecule has 1 saturated carbocycles. The number of pyridine rings is 1. The first-order valence-corrected chi connectivity index (χ1v) is 15.5. The fourth-order valence-corrected chi connectivity index (χ4v) is 6.34. The van der Waals surface area contributed by atoms with Gasteiger partial charge in [-0.1, -0.05) is 30.8 Å². The zero-order chi connectivity index (χ0) is 30.5. The second-order valence-corrected chi connectivity index (χ2v) is 12.4. The first-order chi connectivity index (χ1) is 21.3. The van der Waals surface area contributed by atoms with E-state index in [4.69, 9.17) is 4.98 Å². The van der Waals surface area contributed by atoms with Crippen LogP contribution in [0.2, 0.25) is 0 Å². The Bertz CT molecular complexity index is 1880. The van der Waals surface area contributed by atoms with Gasteiger partial charge in [0, 0.05) is 71.5 Å². The highest BCUT2D eigenvalue weighted by Gasteiger charge is 2.26. The van der Waals surface area contributed by atoms with Gasteiger partial charge in [0.2, 0.25) is 5.91 Å².